The highest BCUT2D eigenvalue weighted by molar-refractivity contribution is 5.83. The van der Waals surface area contributed by atoms with E-state index in [9.17, 15) is 9.59 Å². The number of amides is 2. The number of hydrogen-bond donors (Lipinski definition) is 1. The first-order valence-electron chi connectivity index (χ1n) is 5.84. The van der Waals surface area contributed by atoms with Crippen LogP contribution in [0.1, 0.15) is 33.1 Å². The molecule has 92 valence electrons. The zero-order valence-corrected chi connectivity index (χ0v) is 9.99. The van der Waals surface area contributed by atoms with Gasteiger partial charge in [0.25, 0.3) is 0 Å². The molecule has 0 aromatic carbocycles. The van der Waals surface area contributed by atoms with Crippen molar-refractivity contribution < 1.29 is 14.3 Å². The molecule has 0 aromatic heterocycles. The molecule has 5 nitrogen and oxygen atoms in total. The summed E-state index contributed by atoms with van der Waals surface area (Å²) >= 11 is 0. The molecule has 1 aliphatic rings. The molecule has 1 N–H and O–H groups in total. The van der Waals surface area contributed by atoms with Gasteiger partial charge in [0.1, 0.15) is 0 Å². The largest absolute Gasteiger partial charge is 0.418 e. The molecule has 1 fully saturated rings. The van der Waals surface area contributed by atoms with Gasteiger partial charge in [0, 0.05) is 19.6 Å². The summed E-state index contributed by atoms with van der Waals surface area (Å²) in [6.07, 6.45) is 1.94. The quantitative estimate of drug-likeness (QED) is 0.735. The van der Waals surface area contributed by atoms with Gasteiger partial charge in [-0.25, -0.2) is 9.59 Å². The second kappa shape index (κ2) is 6.35. The van der Waals surface area contributed by atoms with Gasteiger partial charge in [0.15, 0.2) is 0 Å². The molecule has 0 atom stereocenters. The number of alkyl carbamates (subject to hydrolysis) is 1. The fourth-order valence-corrected chi connectivity index (χ4v) is 1.54. The maximum absolute atomic E-state index is 11.5. The van der Waals surface area contributed by atoms with Gasteiger partial charge in [0.05, 0.1) is 0 Å². The van der Waals surface area contributed by atoms with Crippen molar-refractivity contribution in [2.24, 2.45) is 5.92 Å². The first kappa shape index (κ1) is 12.8. The molecule has 1 saturated heterocycles. The maximum atomic E-state index is 11.5. The summed E-state index contributed by atoms with van der Waals surface area (Å²) < 4.78 is 4.68. The van der Waals surface area contributed by atoms with Crippen LogP contribution in [-0.2, 0) is 4.74 Å². The molecule has 0 spiro atoms. The van der Waals surface area contributed by atoms with E-state index in [2.05, 4.69) is 10.1 Å². The Balaban J connectivity index is 2.24. The van der Waals surface area contributed by atoms with Gasteiger partial charge in [-0.1, -0.05) is 13.8 Å². The molecule has 1 aliphatic heterocycles. The SMILES string of the molecule is CC(C)CNC(=O)OC(=O)N1CCCCC1. The Bertz CT molecular complexity index is 248. The average molecular weight is 228 g/mol. The molecule has 0 aliphatic carbocycles. The number of nitrogens with zero attached hydrogens (tertiary/aromatic N) is 1. The lowest BCUT2D eigenvalue weighted by Gasteiger charge is -2.25. The van der Waals surface area contributed by atoms with Crippen molar-refractivity contribution >= 4 is 12.2 Å². The summed E-state index contributed by atoms with van der Waals surface area (Å²) in [4.78, 5) is 24.3. The Labute approximate surface area is 96.1 Å². The Hall–Kier alpha value is -1.26. The first-order valence-corrected chi connectivity index (χ1v) is 5.84. The highest BCUT2D eigenvalue weighted by Crippen LogP contribution is 2.09. The van der Waals surface area contributed by atoms with Gasteiger partial charge in [-0.2, -0.15) is 0 Å². The summed E-state index contributed by atoms with van der Waals surface area (Å²) in [5, 5.41) is 2.54. The van der Waals surface area contributed by atoms with E-state index in [0.29, 0.717) is 25.6 Å². The number of likely N-dealkylation sites (tertiary alicyclic amines) is 1. The number of piperidine rings is 1. The van der Waals surface area contributed by atoms with Crippen LogP contribution in [0.3, 0.4) is 0 Å². The van der Waals surface area contributed by atoms with Crippen LogP contribution in [0.4, 0.5) is 9.59 Å². The molecule has 0 unspecified atom stereocenters. The smallest absolute Gasteiger partial charge is 0.359 e. The van der Waals surface area contributed by atoms with Gasteiger partial charge in [-0.3, -0.25) is 0 Å². The summed E-state index contributed by atoms with van der Waals surface area (Å²) in [5.74, 6) is 0.345. The van der Waals surface area contributed by atoms with Crippen LogP contribution in [0.25, 0.3) is 0 Å². The van der Waals surface area contributed by atoms with Gasteiger partial charge < -0.3 is 15.0 Å². The van der Waals surface area contributed by atoms with Crippen molar-refractivity contribution in [1.82, 2.24) is 10.2 Å². The number of hydrogen-bond acceptors (Lipinski definition) is 3. The Morgan fingerprint density at radius 1 is 1.25 bits per heavy atom. The fourth-order valence-electron chi connectivity index (χ4n) is 1.54. The second-order valence-corrected chi connectivity index (χ2v) is 4.48. The van der Waals surface area contributed by atoms with E-state index in [1.165, 1.54) is 0 Å². The van der Waals surface area contributed by atoms with E-state index in [4.69, 9.17) is 0 Å². The Kier molecular flexibility index (Phi) is 5.08. The second-order valence-electron chi connectivity index (χ2n) is 4.48. The lowest BCUT2D eigenvalue weighted by Crippen LogP contribution is -2.39. The van der Waals surface area contributed by atoms with Crippen LogP contribution < -0.4 is 5.32 Å². The molecule has 2 amide bonds. The Morgan fingerprint density at radius 2 is 1.88 bits per heavy atom. The lowest BCUT2D eigenvalue weighted by atomic mass is 10.1. The molecular weight excluding hydrogens is 208 g/mol. The monoisotopic (exact) mass is 228 g/mol. The van der Waals surface area contributed by atoms with E-state index in [1.807, 2.05) is 13.8 Å². The minimum Gasteiger partial charge on any atom is -0.359 e. The van der Waals surface area contributed by atoms with Crippen molar-refractivity contribution in [2.45, 2.75) is 33.1 Å². The number of nitrogens with one attached hydrogen (secondary N) is 1. The molecule has 0 radical (unpaired) electrons. The van der Waals surface area contributed by atoms with Gasteiger partial charge in [-0.05, 0) is 25.2 Å². The minimum absolute atomic E-state index is 0.345. The molecule has 16 heavy (non-hydrogen) atoms. The molecule has 0 saturated carbocycles. The standard InChI is InChI=1S/C11H20N2O3/c1-9(2)8-12-10(14)16-11(15)13-6-4-3-5-7-13/h9H,3-8H2,1-2H3,(H,12,14). The molecule has 0 aromatic rings. The molecule has 1 rings (SSSR count). The third-order valence-electron chi connectivity index (χ3n) is 2.45. The summed E-state index contributed by atoms with van der Waals surface area (Å²) in [7, 11) is 0. The van der Waals surface area contributed by atoms with Crippen molar-refractivity contribution in [3.63, 3.8) is 0 Å². The fraction of sp³-hybridized carbons (Fsp3) is 0.818. The predicted molar refractivity (Wildman–Crippen MR) is 60.1 cm³/mol. The highest BCUT2D eigenvalue weighted by Gasteiger charge is 2.20. The normalized spacial score (nSPS) is 16.1. The van der Waals surface area contributed by atoms with Crippen LogP contribution in [0.2, 0.25) is 0 Å². The van der Waals surface area contributed by atoms with E-state index in [1.54, 1.807) is 4.90 Å². The number of rotatable bonds is 2. The predicted octanol–water partition coefficient (Wildman–Crippen LogP) is 1.97. The number of ether oxygens (including phenoxy) is 1. The summed E-state index contributed by atoms with van der Waals surface area (Å²) in [6, 6.07) is 0. The average Bonchev–Trinajstić information content (AvgIpc) is 2.27. The lowest BCUT2D eigenvalue weighted by molar-refractivity contribution is 0.110. The molecule has 5 heteroatoms. The van der Waals surface area contributed by atoms with Crippen LogP contribution in [0, 0.1) is 5.92 Å². The topological polar surface area (TPSA) is 58.6 Å². The van der Waals surface area contributed by atoms with Crippen LogP contribution in [-0.4, -0.2) is 36.7 Å². The highest BCUT2D eigenvalue weighted by atomic mass is 16.6. The van der Waals surface area contributed by atoms with E-state index in [-0.39, 0.29) is 0 Å². The molecule has 1 heterocycles. The molecular formula is C11H20N2O3. The van der Waals surface area contributed by atoms with Gasteiger partial charge in [-0.15, -0.1) is 0 Å². The van der Waals surface area contributed by atoms with Crippen molar-refractivity contribution in [2.75, 3.05) is 19.6 Å². The third-order valence-corrected chi connectivity index (χ3v) is 2.45. The molecule has 0 bridgehead atoms. The van der Waals surface area contributed by atoms with E-state index >= 15 is 0 Å². The zero-order chi connectivity index (χ0) is 12.0. The zero-order valence-electron chi connectivity index (χ0n) is 9.99. The van der Waals surface area contributed by atoms with Crippen LogP contribution in [0.5, 0.6) is 0 Å². The van der Waals surface area contributed by atoms with Crippen molar-refractivity contribution in [3.05, 3.63) is 0 Å². The van der Waals surface area contributed by atoms with Gasteiger partial charge >= 0.3 is 12.2 Å². The summed E-state index contributed by atoms with van der Waals surface area (Å²) in [5.41, 5.74) is 0. The minimum atomic E-state index is -0.649. The van der Waals surface area contributed by atoms with Crippen molar-refractivity contribution in [3.8, 4) is 0 Å². The summed E-state index contributed by atoms with van der Waals surface area (Å²) in [6.45, 7) is 5.86. The van der Waals surface area contributed by atoms with Crippen LogP contribution in [0.15, 0.2) is 0 Å². The maximum Gasteiger partial charge on any atom is 0.418 e. The number of carbonyl (C=O) groups excluding carboxylic acids is 2. The number of carbonyl (C=O) groups is 2. The van der Waals surface area contributed by atoms with Gasteiger partial charge in [0.2, 0.25) is 0 Å². The van der Waals surface area contributed by atoms with E-state index in [0.717, 1.165) is 19.3 Å². The first-order chi connectivity index (χ1) is 7.59. The van der Waals surface area contributed by atoms with Crippen LogP contribution >= 0.6 is 0 Å². The third kappa shape index (κ3) is 4.51. The van der Waals surface area contributed by atoms with E-state index < -0.39 is 12.2 Å². The van der Waals surface area contributed by atoms with Crippen molar-refractivity contribution in [1.29, 1.82) is 0 Å². The Morgan fingerprint density at radius 3 is 2.44 bits per heavy atom.